The highest BCUT2D eigenvalue weighted by Gasteiger charge is 2.11. The summed E-state index contributed by atoms with van der Waals surface area (Å²) in [4.78, 5) is 0. The Hall–Kier alpha value is -2.04. The lowest BCUT2D eigenvalue weighted by molar-refractivity contribution is 0.463. The molecule has 0 amide bonds. The van der Waals surface area contributed by atoms with E-state index in [0.717, 1.165) is 11.1 Å². The summed E-state index contributed by atoms with van der Waals surface area (Å²) in [5.74, 6) is 1.71. The van der Waals surface area contributed by atoms with Crippen LogP contribution in [0.4, 0.5) is 0 Å². The van der Waals surface area contributed by atoms with E-state index in [1.165, 1.54) is 14.8 Å². The van der Waals surface area contributed by atoms with Gasteiger partial charge in [-0.25, -0.2) is 0 Å². The first-order valence-electron chi connectivity index (χ1n) is 6.79. The van der Waals surface area contributed by atoms with Crippen LogP contribution in [0.25, 0.3) is 20.2 Å². The maximum atomic E-state index is 9.59. The van der Waals surface area contributed by atoms with Crippen LogP contribution >= 0.6 is 27.3 Å². The third kappa shape index (κ3) is 2.25. The fourth-order valence-electron chi connectivity index (χ4n) is 2.51. The number of phenols is 1. The molecule has 1 N–H and O–H groups in total. The third-order valence-corrected chi connectivity index (χ3v) is 5.28. The minimum absolute atomic E-state index is 0.201. The van der Waals surface area contributed by atoms with E-state index in [-0.39, 0.29) is 5.75 Å². The van der Waals surface area contributed by atoms with Gasteiger partial charge in [0.2, 0.25) is 0 Å². The molecule has 0 atom stereocenters. The molecule has 4 rings (SSSR count). The summed E-state index contributed by atoms with van der Waals surface area (Å²) in [7, 11) is 0. The molecular weight excluding hydrogens is 360 g/mol. The van der Waals surface area contributed by atoms with Gasteiger partial charge in [-0.2, -0.15) is 0 Å². The number of hydrogen-bond donors (Lipinski definition) is 1. The standard InChI is InChI=1S/C18H11BrO2S/c19-13-10-11(8-9-14(13)20)21-15-5-3-7-17-18(15)12-4-1-2-6-16(12)22-17/h1-10,20H. The zero-order valence-corrected chi connectivity index (χ0v) is 13.8. The average molecular weight is 371 g/mol. The van der Waals surface area contributed by atoms with Crippen LogP contribution in [0.5, 0.6) is 17.2 Å². The Morgan fingerprint density at radius 2 is 1.73 bits per heavy atom. The van der Waals surface area contributed by atoms with Crippen molar-refractivity contribution in [3.05, 3.63) is 65.1 Å². The average Bonchev–Trinajstić information content (AvgIpc) is 2.90. The van der Waals surface area contributed by atoms with Gasteiger partial charge in [0.25, 0.3) is 0 Å². The largest absolute Gasteiger partial charge is 0.507 e. The predicted molar refractivity (Wildman–Crippen MR) is 95.2 cm³/mol. The molecule has 0 aliphatic rings. The van der Waals surface area contributed by atoms with E-state index in [0.29, 0.717) is 10.2 Å². The van der Waals surface area contributed by atoms with Crippen molar-refractivity contribution in [2.75, 3.05) is 0 Å². The lowest BCUT2D eigenvalue weighted by atomic mass is 10.1. The van der Waals surface area contributed by atoms with Crippen LogP contribution in [0.2, 0.25) is 0 Å². The number of hydrogen-bond acceptors (Lipinski definition) is 3. The molecule has 0 radical (unpaired) electrons. The summed E-state index contributed by atoms with van der Waals surface area (Å²) < 4.78 is 9.13. The van der Waals surface area contributed by atoms with E-state index in [9.17, 15) is 5.11 Å². The van der Waals surface area contributed by atoms with Crippen molar-refractivity contribution < 1.29 is 9.84 Å². The Morgan fingerprint density at radius 1 is 0.909 bits per heavy atom. The number of fused-ring (bicyclic) bond motifs is 3. The Morgan fingerprint density at radius 3 is 2.59 bits per heavy atom. The first-order chi connectivity index (χ1) is 10.7. The van der Waals surface area contributed by atoms with Crippen LogP contribution in [0.3, 0.4) is 0 Å². The fraction of sp³-hybridized carbons (Fsp3) is 0. The monoisotopic (exact) mass is 370 g/mol. The first kappa shape index (κ1) is 13.6. The van der Waals surface area contributed by atoms with E-state index in [1.807, 2.05) is 18.2 Å². The minimum atomic E-state index is 0.201. The second kappa shape index (κ2) is 5.30. The Kier molecular flexibility index (Phi) is 3.28. The number of rotatable bonds is 2. The van der Waals surface area contributed by atoms with Crippen molar-refractivity contribution in [1.29, 1.82) is 0 Å². The Bertz CT molecular complexity index is 991. The maximum Gasteiger partial charge on any atom is 0.136 e. The summed E-state index contributed by atoms with van der Waals surface area (Å²) >= 11 is 5.08. The second-order valence-corrected chi connectivity index (χ2v) is 6.88. The maximum absolute atomic E-state index is 9.59. The van der Waals surface area contributed by atoms with Crippen LogP contribution in [0.15, 0.2) is 65.1 Å². The van der Waals surface area contributed by atoms with E-state index in [4.69, 9.17) is 4.74 Å². The molecule has 2 nitrogen and oxygen atoms in total. The van der Waals surface area contributed by atoms with Crippen molar-refractivity contribution in [3.8, 4) is 17.2 Å². The number of aromatic hydroxyl groups is 1. The van der Waals surface area contributed by atoms with Crippen molar-refractivity contribution in [2.24, 2.45) is 0 Å². The first-order valence-corrected chi connectivity index (χ1v) is 8.40. The van der Waals surface area contributed by atoms with E-state index in [1.54, 1.807) is 29.5 Å². The number of phenolic OH excluding ortho intramolecular Hbond substituents is 1. The van der Waals surface area contributed by atoms with Crippen LogP contribution in [-0.4, -0.2) is 5.11 Å². The van der Waals surface area contributed by atoms with Gasteiger partial charge < -0.3 is 9.84 Å². The molecular formula is C18H11BrO2S. The van der Waals surface area contributed by atoms with Crippen LogP contribution in [0.1, 0.15) is 0 Å². The molecule has 0 saturated carbocycles. The number of ether oxygens (including phenoxy) is 1. The van der Waals surface area contributed by atoms with Gasteiger partial charge in [0.15, 0.2) is 0 Å². The van der Waals surface area contributed by atoms with E-state index in [2.05, 4.69) is 40.2 Å². The molecule has 1 heterocycles. The molecule has 22 heavy (non-hydrogen) atoms. The quantitative estimate of drug-likeness (QED) is 0.447. The lowest BCUT2D eigenvalue weighted by Gasteiger charge is -2.08. The van der Waals surface area contributed by atoms with Gasteiger partial charge in [-0.15, -0.1) is 11.3 Å². The lowest BCUT2D eigenvalue weighted by Crippen LogP contribution is -1.85. The summed E-state index contributed by atoms with van der Waals surface area (Å²) in [6.45, 7) is 0. The number of thiophene rings is 1. The van der Waals surface area contributed by atoms with Crippen LogP contribution in [-0.2, 0) is 0 Å². The van der Waals surface area contributed by atoms with Gasteiger partial charge in [0, 0.05) is 20.2 Å². The van der Waals surface area contributed by atoms with Gasteiger partial charge in [0.1, 0.15) is 17.2 Å². The summed E-state index contributed by atoms with van der Waals surface area (Å²) in [5, 5.41) is 11.9. The smallest absolute Gasteiger partial charge is 0.136 e. The van der Waals surface area contributed by atoms with Gasteiger partial charge >= 0.3 is 0 Å². The predicted octanol–water partition coefficient (Wildman–Crippen LogP) is 6.31. The normalized spacial score (nSPS) is 11.1. The SMILES string of the molecule is Oc1ccc(Oc2cccc3sc4ccccc4c23)cc1Br. The third-order valence-electron chi connectivity index (χ3n) is 3.51. The van der Waals surface area contributed by atoms with Gasteiger partial charge in [-0.3, -0.25) is 0 Å². The molecule has 0 bridgehead atoms. The zero-order chi connectivity index (χ0) is 15.1. The highest BCUT2D eigenvalue weighted by atomic mass is 79.9. The molecule has 1 aromatic heterocycles. The Labute approximate surface area is 139 Å². The molecule has 0 fully saturated rings. The second-order valence-electron chi connectivity index (χ2n) is 4.94. The highest BCUT2D eigenvalue weighted by molar-refractivity contribution is 9.10. The molecule has 0 unspecified atom stereocenters. The molecule has 0 aliphatic carbocycles. The van der Waals surface area contributed by atoms with Crippen molar-refractivity contribution in [2.45, 2.75) is 0 Å². The zero-order valence-electron chi connectivity index (χ0n) is 11.4. The summed E-state index contributed by atoms with van der Waals surface area (Å²) in [5.41, 5.74) is 0. The number of halogens is 1. The van der Waals surface area contributed by atoms with Gasteiger partial charge in [-0.05, 0) is 52.3 Å². The summed E-state index contributed by atoms with van der Waals surface area (Å²) in [6.07, 6.45) is 0. The molecule has 0 aliphatic heterocycles. The van der Waals surface area contributed by atoms with Crippen molar-refractivity contribution >= 4 is 47.4 Å². The van der Waals surface area contributed by atoms with Gasteiger partial charge in [-0.1, -0.05) is 24.3 Å². The molecule has 4 aromatic rings. The molecule has 0 spiro atoms. The van der Waals surface area contributed by atoms with Crippen LogP contribution in [0, 0.1) is 0 Å². The van der Waals surface area contributed by atoms with Crippen molar-refractivity contribution in [1.82, 2.24) is 0 Å². The summed E-state index contributed by atoms with van der Waals surface area (Å²) in [6, 6.07) is 19.6. The highest BCUT2D eigenvalue weighted by Crippen LogP contribution is 2.41. The van der Waals surface area contributed by atoms with E-state index >= 15 is 0 Å². The van der Waals surface area contributed by atoms with Gasteiger partial charge in [0.05, 0.1) is 4.47 Å². The topological polar surface area (TPSA) is 29.5 Å². The van der Waals surface area contributed by atoms with Crippen molar-refractivity contribution in [3.63, 3.8) is 0 Å². The minimum Gasteiger partial charge on any atom is -0.507 e. The molecule has 4 heteroatoms. The van der Waals surface area contributed by atoms with E-state index < -0.39 is 0 Å². The molecule has 0 saturated heterocycles. The molecule has 3 aromatic carbocycles. The number of benzene rings is 3. The fourth-order valence-corrected chi connectivity index (χ4v) is 3.99. The van der Waals surface area contributed by atoms with Crippen LogP contribution < -0.4 is 4.74 Å². The molecule has 108 valence electrons. The Balaban J connectivity index is 1.89.